The predicted octanol–water partition coefficient (Wildman–Crippen LogP) is 4.76. The fraction of sp³-hybridized carbons (Fsp3) is 0.615. The Morgan fingerprint density at radius 2 is 1.80 bits per heavy atom. The Bertz CT molecular complexity index is 507. The van der Waals surface area contributed by atoms with Gasteiger partial charge in [-0.1, -0.05) is 15.9 Å². The number of aromatic nitrogens is 1. The molecular weight excluding hydrogens is 401 g/mol. The van der Waals surface area contributed by atoms with E-state index in [0.29, 0.717) is 9.30 Å². The third-order valence-electron chi connectivity index (χ3n) is 4.06. The van der Waals surface area contributed by atoms with Gasteiger partial charge in [-0.15, -0.1) is 0 Å². The molecule has 2 unspecified atom stereocenters. The fourth-order valence-corrected chi connectivity index (χ4v) is 4.50. The number of pyridine rings is 1. The van der Waals surface area contributed by atoms with Gasteiger partial charge in [0.05, 0.1) is 5.56 Å². The topological polar surface area (TPSA) is 16.1 Å². The molecule has 2 aliphatic heterocycles. The van der Waals surface area contributed by atoms with Gasteiger partial charge in [0.25, 0.3) is 0 Å². The number of piperidine rings is 1. The summed E-state index contributed by atoms with van der Waals surface area (Å²) < 4.78 is 40.1. The molecule has 3 heterocycles. The van der Waals surface area contributed by atoms with Crippen LogP contribution in [0.4, 0.5) is 19.0 Å². The first-order valence-electron chi connectivity index (χ1n) is 6.51. The summed E-state index contributed by atoms with van der Waals surface area (Å²) in [6, 6.07) is 1.45. The van der Waals surface area contributed by atoms with Crippen LogP contribution in [0.3, 0.4) is 0 Å². The average Bonchev–Trinajstić information content (AvgIpc) is 2.61. The number of hydrogen-bond acceptors (Lipinski definition) is 2. The molecule has 1 aromatic heterocycles. The van der Waals surface area contributed by atoms with Crippen molar-refractivity contribution in [3.05, 3.63) is 22.3 Å². The molecule has 2 fully saturated rings. The van der Waals surface area contributed by atoms with E-state index in [1.165, 1.54) is 6.20 Å². The number of anilines is 1. The van der Waals surface area contributed by atoms with Crippen LogP contribution in [0.2, 0.25) is 0 Å². The third kappa shape index (κ3) is 2.58. The van der Waals surface area contributed by atoms with Crippen LogP contribution >= 0.6 is 31.9 Å². The van der Waals surface area contributed by atoms with Gasteiger partial charge in [-0.25, -0.2) is 4.98 Å². The fourth-order valence-electron chi connectivity index (χ4n) is 3.30. The Kier molecular flexibility index (Phi) is 3.77. The second-order valence-electron chi connectivity index (χ2n) is 5.38. The van der Waals surface area contributed by atoms with Gasteiger partial charge < -0.3 is 4.90 Å². The Balaban J connectivity index is 2.03. The van der Waals surface area contributed by atoms with E-state index in [4.69, 9.17) is 0 Å². The highest BCUT2D eigenvalue weighted by atomic mass is 79.9. The minimum atomic E-state index is -4.38. The molecule has 0 spiro atoms. The van der Waals surface area contributed by atoms with E-state index < -0.39 is 11.7 Å². The Hall–Kier alpha value is -0.300. The molecule has 3 rings (SSSR count). The van der Waals surface area contributed by atoms with Gasteiger partial charge in [0, 0.05) is 27.6 Å². The van der Waals surface area contributed by atoms with Crippen molar-refractivity contribution < 1.29 is 13.2 Å². The SMILES string of the molecule is FC(F)(F)c1cc(Br)cnc1N1C2CCC1CC(Br)C2. The van der Waals surface area contributed by atoms with Crippen LogP contribution in [0.5, 0.6) is 0 Å². The molecule has 7 heteroatoms. The maximum absolute atomic E-state index is 13.2. The molecule has 2 aliphatic rings. The lowest BCUT2D eigenvalue weighted by Gasteiger charge is -2.39. The molecule has 0 saturated carbocycles. The summed E-state index contributed by atoms with van der Waals surface area (Å²) in [5, 5.41) is 0. The van der Waals surface area contributed by atoms with Crippen molar-refractivity contribution in [1.82, 2.24) is 4.98 Å². The van der Waals surface area contributed by atoms with Crippen LogP contribution in [0.15, 0.2) is 16.7 Å². The number of nitrogens with zero attached hydrogens (tertiary/aromatic N) is 2. The highest BCUT2D eigenvalue weighted by Gasteiger charge is 2.44. The van der Waals surface area contributed by atoms with E-state index in [2.05, 4.69) is 36.8 Å². The molecular formula is C13H13Br2F3N2. The lowest BCUT2D eigenvalue weighted by Crippen LogP contribution is -2.44. The molecule has 2 bridgehead atoms. The van der Waals surface area contributed by atoms with E-state index in [0.717, 1.165) is 31.7 Å². The van der Waals surface area contributed by atoms with Gasteiger partial charge in [-0.2, -0.15) is 13.2 Å². The summed E-state index contributed by atoms with van der Waals surface area (Å²) in [6.45, 7) is 0. The molecule has 0 radical (unpaired) electrons. The number of hydrogen-bond donors (Lipinski definition) is 0. The summed E-state index contributed by atoms with van der Waals surface area (Å²) in [5.41, 5.74) is -0.642. The lowest BCUT2D eigenvalue weighted by atomic mass is 10.0. The number of alkyl halides is 4. The van der Waals surface area contributed by atoms with Crippen molar-refractivity contribution in [3.8, 4) is 0 Å². The largest absolute Gasteiger partial charge is 0.419 e. The summed E-state index contributed by atoms with van der Waals surface area (Å²) in [7, 11) is 0. The standard InChI is InChI=1S/C13H13Br2F3N2/c14-7-3-9-1-2-10(4-7)20(9)12-11(13(16,17)18)5-8(15)6-19-12/h5-7,9-10H,1-4H2. The first-order valence-corrected chi connectivity index (χ1v) is 8.22. The van der Waals surface area contributed by atoms with E-state index in [1.54, 1.807) is 0 Å². The second-order valence-corrected chi connectivity index (χ2v) is 7.59. The molecule has 2 saturated heterocycles. The molecule has 1 aromatic rings. The van der Waals surface area contributed by atoms with Gasteiger partial charge >= 0.3 is 6.18 Å². The van der Waals surface area contributed by atoms with Gasteiger partial charge in [-0.05, 0) is 47.7 Å². The summed E-state index contributed by atoms with van der Waals surface area (Å²) in [4.78, 5) is 6.38. The van der Waals surface area contributed by atoms with Crippen molar-refractivity contribution in [2.75, 3.05) is 4.90 Å². The first kappa shape index (κ1) is 14.6. The lowest BCUT2D eigenvalue weighted by molar-refractivity contribution is -0.137. The Labute approximate surface area is 132 Å². The summed E-state index contributed by atoms with van der Waals surface area (Å²) in [6.07, 6.45) is 0.724. The van der Waals surface area contributed by atoms with Crippen molar-refractivity contribution in [3.63, 3.8) is 0 Å². The van der Waals surface area contributed by atoms with Crippen LogP contribution < -0.4 is 4.90 Å². The van der Waals surface area contributed by atoms with Crippen LogP contribution in [-0.2, 0) is 6.18 Å². The van der Waals surface area contributed by atoms with Gasteiger partial charge in [0.1, 0.15) is 5.82 Å². The van der Waals surface area contributed by atoms with Crippen molar-refractivity contribution in [2.24, 2.45) is 0 Å². The maximum Gasteiger partial charge on any atom is 0.419 e. The Morgan fingerprint density at radius 1 is 1.20 bits per heavy atom. The summed E-state index contributed by atoms with van der Waals surface area (Å²) in [5.74, 6) is 0.0904. The summed E-state index contributed by atoms with van der Waals surface area (Å²) >= 11 is 6.68. The zero-order valence-corrected chi connectivity index (χ0v) is 13.7. The second kappa shape index (κ2) is 5.16. The molecule has 0 aromatic carbocycles. The smallest absolute Gasteiger partial charge is 0.350 e. The van der Waals surface area contributed by atoms with E-state index in [1.807, 2.05) is 4.90 Å². The van der Waals surface area contributed by atoms with E-state index in [9.17, 15) is 13.2 Å². The molecule has 0 N–H and O–H groups in total. The number of halogens is 5. The number of fused-ring (bicyclic) bond motifs is 2. The predicted molar refractivity (Wildman–Crippen MR) is 78.2 cm³/mol. The van der Waals surface area contributed by atoms with Crippen molar-refractivity contribution >= 4 is 37.7 Å². The number of rotatable bonds is 1. The minimum absolute atomic E-state index is 0.0904. The minimum Gasteiger partial charge on any atom is -0.350 e. The molecule has 0 aliphatic carbocycles. The van der Waals surface area contributed by atoms with Crippen LogP contribution in [0.25, 0.3) is 0 Å². The van der Waals surface area contributed by atoms with Crippen molar-refractivity contribution in [2.45, 2.75) is 48.8 Å². The highest BCUT2D eigenvalue weighted by molar-refractivity contribution is 9.10. The molecule has 2 nitrogen and oxygen atoms in total. The molecule has 20 heavy (non-hydrogen) atoms. The Morgan fingerprint density at radius 3 is 2.35 bits per heavy atom. The molecule has 110 valence electrons. The normalized spacial score (nSPS) is 29.9. The first-order chi connectivity index (χ1) is 9.36. The van der Waals surface area contributed by atoms with Gasteiger partial charge in [-0.3, -0.25) is 0 Å². The van der Waals surface area contributed by atoms with Crippen molar-refractivity contribution in [1.29, 1.82) is 0 Å². The van der Waals surface area contributed by atoms with Gasteiger partial charge in [0.15, 0.2) is 0 Å². The maximum atomic E-state index is 13.2. The van der Waals surface area contributed by atoms with Crippen LogP contribution in [0.1, 0.15) is 31.2 Å². The third-order valence-corrected chi connectivity index (χ3v) is 5.24. The quantitative estimate of drug-likeness (QED) is 0.617. The van der Waals surface area contributed by atoms with Crippen LogP contribution in [-0.4, -0.2) is 21.9 Å². The van der Waals surface area contributed by atoms with E-state index in [-0.39, 0.29) is 17.9 Å². The zero-order chi connectivity index (χ0) is 14.5. The van der Waals surface area contributed by atoms with E-state index >= 15 is 0 Å². The average molecular weight is 414 g/mol. The zero-order valence-electron chi connectivity index (χ0n) is 10.5. The highest BCUT2D eigenvalue weighted by Crippen LogP contribution is 2.45. The molecule has 0 amide bonds. The monoisotopic (exact) mass is 412 g/mol. The van der Waals surface area contributed by atoms with Crippen LogP contribution in [0, 0.1) is 0 Å². The van der Waals surface area contributed by atoms with Gasteiger partial charge in [0.2, 0.25) is 0 Å². The molecule has 2 atom stereocenters.